The van der Waals surface area contributed by atoms with Gasteiger partial charge in [-0.05, 0) is 48.2 Å². The van der Waals surface area contributed by atoms with Crippen LogP contribution in [0.2, 0.25) is 0 Å². The van der Waals surface area contributed by atoms with E-state index in [4.69, 9.17) is 9.72 Å². The number of aromatic nitrogens is 2. The van der Waals surface area contributed by atoms with Crippen molar-refractivity contribution in [2.45, 2.75) is 12.8 Å². The highest BCUT2D eigenvalue weighted by atomic mass is 32.1. The largest absolute Gasteiger partial charge is 0.497 e. The van der Waals surface area contributed by atoms with E-state index < -0.39 is 0 Å². The van der Waals surface area contributed by atoms with E-state index in [1.807, 2.05) is 65.6 Å². The number of H-pyrrole nitrogens is 1. The van der Waals surface area contributed by atoms with Crippen LogP contribution in [0.25, 0.3) is 32.3 Å². The Morgan fingerprint density at radius 3 is 2.52 bits per heavy atom. The number of methoxy groups -OCH3 is 1. The van der Waals surface area contributed by atoms with Gasteiger partial charge in [-0.3, -0.25) is 9.59 Å². The predicted molar refractivity (Wildman–Crippen MR) is 132 cm³/mol. The van der Waals surface area contributed by atoms with Crippen molar-refractivity contribution in [1.82, 2.24) is 14.9 Å². The molecule has 0 bridgehead atoms. The lowest BCUT2D eigenvalue weighted by Crippen LogP contribution is -2.29. The second kappa shape index (κ2) is 9.03. The number of ether oxygens (including phenoxy) is 1. The number of nitrogens with zero attached hydrogens (tertiary/aromatic N) is 2. The van der Waals surface area contributed by atoms with Gasteiger partial charge in [0.05, 0.1) is 18.1 Å². The summed E-state index contributed by atoms with van der Waals surface area (Å²) in [6.07, 6.45) is 3.75. The number of fused-ring (bicyclic) bond motifs is 1. The molecule has 0 unspecified atom stereocenters. The minimum Gasteiger partial charge on any atom is -0.497 e. The number of thiophene rings is 1. The van der Waals surface area contributed by atoms with E-state index in [2.05, 4.69) is 4.98 Å². The molecule has 0 saturated carbocycles. The van der Waals surface area contributed by atoms with Gasteiger partial charge >= 0.3 is 0 Å². The normalized spacial score (nSPS) is 14.1. The molecule has 2 aromatic carbocycles. The Labute approximate surface area is 195 Å². The molecule has 1 saturated heterocycles. The van der Waals surface area contributed by atoms with Gasteiger partial charge in [0.2, 0.25) is 0 Å². The van der Waals surface area contributed by atoms with E-state index in [0.717, 1.165) is 34.6 Å². The van der Waals surface area contributed by atoms with Gasteiger partial charge < -0.3 is 14.6 Å². The summed E-state index contributed by atoms with van der Waals surface area (Å²) in [5, 5.41) is 0.528. The smallest absolute Gasteiger partial charge is 0.259 e. The second-order valence-corrected chi connectivity index (χ2v) is 8.97. The molecule has 6 nitrogen and oxygen atoms in total. The molecule has 2 aromatic heterocycles. The number of nitrogens with one attached hydrogen (secondary N) is 1. The molecule has 166 valence electrons. The zero-order valence-electron chi connectivity index (χ0n) is 18.2. The molecule has 0 spiro atoms. The third-order valence-corrected chi connectivity index (χ3v) is 6.84. The average molecular weight is 458 g/mol. The molecule has 3 heterocycles. The Morgan fingerprint density at radius 2 is 1.82 bits per heavy atom. The van der Waals surface area contributed by atoms with Gasteiger partial charge in [-0.1, -0.05) is 42.5 Å². The molecule has 0 aliphatic carbocycles. The van der Waals surface area contributed by atoms with Crippen LogP contribution in [0, 0.1) is 0 Å². The summed E-state index contributed by atoms with van der Waals surface area (Å²) in [6.45, 7) is 1.42. The minimum absolute atomic E-state index is 0.120. The zero-order chi connectivity index (χ0) is 22.8. The number of hydrogen-bond acceptors (Lipinski definition) is 5. The third-order valence-electron chi connectivity index (χ3n) is 5.77. The summed E-state index contributed by atoms with van der Waals surface area (Å²) in [6, 6.07) is 19.2. The maximum atomic E-state index is 13.4. The fourth-order valence-corrected chi connectivity index (χ4v) is 5.03. The van der Waals surface area contributed by atoms with Gasteiger partial charge in [0.15, 0.2) is 0 Å². The SMILES string of the molecule is COc1ccc(/C=C(/C(=O)N2CCCC2)c2nc3sc(-c4ccccc4)cc3c(=O)[nH]2)cc1. The van der Waals surface area contributed by atoms with Crippen LogP contribution in [0.15, 0.2) is 65.5 Å². The number of hydrogen-bond donors (Lipinski definition) is 1. The van der Waals surface area contributed by atoms with Crippen LogP contribution in [0.1, 0.15) is 24.2 Å². The Balaban J connectivity index is 1.61. The monoisotopic (exact) mass is 457 g/mol. The van der Waals surface area contributed by atoms with Crippen molar-refractivity contribution in [2.75, 3.05) is 20.2 Å². The Morgan fingerprint density at radius 1 is 1.09 bits per heavy atom. The van der Waals surface area contributed by atoms with Crippen molar-refractivity contribution in [2.24, 2.45) is 0 Å². The standard InChI is InChI=1S/C26H23N3O3S/c1-32-19-11-9-17(10-12-19)15-20(26(31)29-13-5-6-14-29)23-27-24(30)21-16-22(33-25(21)28-23)18-7-3-2-4-8-18/h2-4,7-12,15-16H,5-6,13-14H2,1H3,(H,27,28,30)/b20-15+. The molecule has 0 atom stereocenters. The first kappa shape index (κ1) is 21.2. The fraction of sp³-hybridized carbons (Fsp3) is 0.192. The lowest BCUT2D eigenvalue weighted by molar-refractivity contribution is -0.123. The van der Waals surface area contributed by atoms with Crippen molar-refractivity contribution in [3.05, 3.63) is 82.4 Å². The Kier molecular flexibility index (Phi) is 5.79. The molecule has 1 amide bonds. The van der Waals surface area contributed by atoms with Crippen molar-refractivity contribution < 1.29 is 9.53 Å². The molecule has 33 heavy (non-hydrogen) atoms. The molecule has 0 radical (unpaired) electrons. The first-order valence-electron chi connectivity index (χ1n) is 10.9. The van der Waals surface area contributed by atoms with Crippen molar-refractivity contribution in [3.63, 3.8) is 0 Å². The second-order valence-electron chi connectivity index (χ2n) is 7.94. The summed E-state index contributed by atoms with van der Waals surface area (Å²) in [7, 11) is 1.61. The summed E-state index contributed by atoms with van der Waals surface area (Å²) in [5.41, 5.74) is 2.00. The number of likely N-dealkylation sites (tertiary alicyclic amines) is 1. The lowest BCUT2D eigenvalue weighted by Gasteiger charge is -2.17. The zero-order valence-corrected chi connectivity index (χ0v) is 19.0. The van der Waals surface area contributed by atoms with E-state index in [1.165, 1.54) is 11.3 Å². The first-order valence-corrected chi connectivity index (χ1v) is 11.7. The molecule has 7 heteroatoms. The highest BCUT2D eigenvalue weighted by molar-refractivity contribution is 7.21. The number of carbonyl (C=O) groups is 1. The number of aromatic amines is 1. The number of benzene rings is 2. The molecule has 1 aliphatic heterocycles. The lowest BCUT2D eigenvalue weighted by atomic mass is 10.1. The van der Waals surface area contributed by atoms with Crippen LogP contribution in [0.3, 0.4) is 0 Å². The van der Waals surface area contributed by atoms with Gasteiger partial charge in [0.1, 0.15) is 16.4 Å². The Bertz CT molecular complexity index is 1380. The third kappa shape index (κ3) is 4.32. The van der Waals surface area contributed by atoms with Gasteiger partial charge in [-0.2, -0.15) is 0 Å². The number of rotatable bonds is 5. The first-order chi connectivity index (χ1) is 16.1. The van der Waals surface area contributed by atoms with Crippen LogP contribution < -0.4 is 10.3 Å². The maximum Gasteiger partial charge on any atom is 0.259 e. The van der Waals surface area contributed by atoms with E-state index in [-0.39, 0.29) is 11.5 Å². The van der Waals surface area contributed by atoms with Crippen LogP contribution in [0.5, 0.6) is 5.75 Å². The summed E-state index contributed by atoms with van der Waals surface area (Å²) in [4.78, 5) is 37.4. The quantitative estimate of drug-likeness (QED) is 0.436. The van der Waals surface area contributed by atoms with Gasteiger partial charge in [0.25, 0.3) is 11.5 Å². The Hall–Kier alpha value is -3.71. The predicted octanol–water partition coefficient (Wildman–Crippen LogP) is 4.82. The van der Waals surface area contributed by atoms with E-state index >= 15 is 0 Å². The number of carbonyl (C=O) groups excluding carboxylic acids is 1. The van der Waals surface area contributed by atoms with E-state index in [1.54, 1.807) is 13.2 Å². The van der Waals surface area contributed by atoms with Gasteiger partial charge in [-0.15, -0.1) is 11.3 Å². The van der Waals surface area contributed by atoms with Gasteiger partial charge in [0, 0.05) is 18.0 Å². The van der Waals surface area contributed by atoms with Crippen molar-refractivity contribution in [1.29, 1.82) is 0 Å². The van der Waals surface area contributed by atoms with Crippen LogP contribution >= 0.6 is 11.3 Å². The molecular weight excluding hydrogens is 434 g/mol. The summed E-state index contributed by atoms with van der Waals surface area (Å²) < 4.78 is 5.24. The highest BCUT2D eigenvalue weighted by Crippen LogP contribution is 2.31. The van der Waals surface area contributed by atoms with Gasteiger partial charge in [-0.25, -0.2) is 4.98 Å². The number of amides is 1. The topological polar surface area (TPSA) is 75.3 Å². The summed E-state index contributed by atoms with van der Waals surface area (Å²) in [5.74, 6) is 0.909. The molecule has 5 rings (SSSR count). The fourth-order valence-electron chi connectivity index (χ4n) is 3.99. The highest BCUT2D eigenvalue weighted by Gasteiger charge is 2.25. The van der Waals surface area contributed by atoms with Crippen LogP contribution in [-0.2, 0) is 4.79 Å². The minimum atomic E-state index is -0.247. The molecular formula is C26H23N3O3S. The average Bonchev–Trinajstić information content (AvgIpc) is 3.54. The maximum absolute atomic E-state index is 13.4. The van der Waals surface area contributed by atoms with Crippen molar-refractivity contribution in [3.8, 4) is 16.2 Å². The molecule has 1 N–H and O–H groups in total. The van der Waals surface area contributed by atoms with Crippen LogP contribution in [0.4, 0.5) is 0 Å². The molecule has 1 aliphatic rings. The van der Waals surface area contributed by atoms with Crippen LogP contribution in [-0.4, -0.2) is 41.0 Å². The van der Waals surface area contributed by atoms with E-state index in [0.29, 0.717) is 34.7 Å². The summed E-state index contributed by atoms with van der Waals surface area (Å²) >= 11 is 1.45. The van der Waals surface area contributed by atoms with Crippen molar-refractivity contribution >= 4 is 39.1 Å². The van der Waals surface area contributed by atoms with E-state index in [9.17, 15) is 9.59 Å². The molecule has 4 aromatic rings. The molecule has 1 fully saturated rings.